The maximum Gasteiger partial charge on any atom is 0.270 e. The van der Waals surface area contributed by atoms with Crippen LogP contribution < -0.4 is 0 Å². The molecule has 0 N–H and O–H groups in total. The summed E-state index contributed by atoms with van der Waals surface area (Å²) in [6.45, 7) is 8.23. The Morgan fingerprint density at radius 3 is 2.32 bits per heavy atom. The molecule has 5 nitrogen and oxygen atoms in total. The first kappa shape index (κ1) is 19.1. The molecule has 28 heavy (non-hydrogen) atoms. The number of benzene rings is 2. The van der Waals surface area contributed by atoms with E-state index < -0.39 is 4.92 Å². The van der Waals surface area contributed by atoms with Crippen LogP contribution in [0, 0.1) is 49.1 Å². The predicted octanol–water partition coefficient (Wildman–Crippen LogP) is 5.68. The van der Waals surface area contributed by atoms with Crippen molar-refractivity contribution in [1.82, 2.24) is 4.57 Å². The van der Waals surface area contributed by atoms with Gasteiger partial charge in [-0.25, -0.2) is 0 Å². The van der Waals surface area contributed by atoms with E-state index in [-0.39, 0.29) is 5.69 Å². The number of hydrogen-bond donors (Lipinski definition) is 0. The Kier molecular flexibility index (Phi) is 5.14. The van der Waals surface area contributed by atoms with Crippen molar-refractivity contribution in [1.29, 1.82) is 5.26 Å². The van der Waals surface area contributed by atoms with Crippen LogP contribution in [0.3, 0.4) is 0 Å². The summed E-state index contributed by atoms with van der Waals surface area (Å²) in [7, 11) is 0. The predicted molar refractivity (Wildman–Crippen MR) is 111 cm³/mol. The van der Waals surface area contributed by atoms with Crippen LogP contribution in [0.5, 0.6) is 0 Å². The van der Waals surface area contributed by atoms with Crippen molar-refractivity contribution >= 4 is 17.3 Å². The van der Waals surface area contributed by atoms with Crippen molar-refractivity contribution in [3.05, 3.63) is 92.3 Å². The van der Waals surface area contributed by atoms with E-state index in [9.17, 15) is 15.4 Å². The van der Waals surface area contributed by atoms with Gasteiger partial charge in [0.15, 0.2) is 0 Å². The second-order valence-electron chi connectivity index (χ2n) is 6.88. The first-order valence-corrected chi connectivity index (χ1v) is 8.95. The van der Waals surface area contributed by atoms with Crippen molar-refractivity contribution in [2.24, 2.45) is 0 Å². The molecule has 0 bridgehead atoms. The van der Waals surface area contributed by atoms with E-state index >= 15 is 0 Å². The Bertz CT molecular complexity index is 1130. The molecule has 0 radical (unpaired) electrons. The second-order valence-corrected chi connectivity index (χ2v) is 6.88. The average molecular weight is 371 g/mol. The highest BCUT2D eigenvalue weighted by Crippen LogP contribution is 2.29. The standard InChI is InChI=1S/C23H21N3O2/c1-15-7-5-8-16(2)23(15)25-17(3)11-20(18(25)4)12-21(14-24)19-9-6-10-22(13-19)26(27)28/h5-13H,1-4H3. The summed E-state index contributed by atoms with van der Waals surface area (Å²) in [5.74, 6) is 0. The zero-order valence-corrected chi connectivity index (χ0v) is 16.4. The smallest absolute Gasteiger partial charge is 0.270 e. The highest BCUT2D eigenvalue weighted by Gasteiger charge is 2.15. The Hall–Kier alpha value is -3.65. The summed E-state index contributed by atoms with van der Waals surface area (Å²) < 4.78 is 2.19. The number of aromatic nitrogens is 1. The van der Waals surface area contributed by atoms with Gasteiger partial charge in [0.1, 0.15) is 0 Å². The van der Waals surface area contributed by atoms with Gasteiger partial charge in [-0.2, -0.15) is 5.26 Å². The molecule has 0 aliphatic carbocycles. The second kappa shape index (κ2) is 7.53. The van der Waals surface area contributed by atoms with Crippen LogP contribution in [-0.2, 0) is 0 Å². The monoisotopic (exact) mass is 371 g/mol. The fourth-order valence-electron chi connectivity index (χ4n) is 3.56. The minimum atomic E-state index is -0.453. The van der Waals surface area contributed by atoms with E-state index in [4.69, 9.17) is 0 Å². The Morgan fingerprint density at radius 2 is 1.71 bits per heavy atom. The normalized spacial score (nSPS) is 11.3. The maximum atomic E-state index is 11.0. The van der Waals surface area contributed by atoms with Gasteiger partial charge in [-0.3, -0.25) is 10.1 Å². The minimum absolute atomic E-state index is 0.0281. The number of non-ortho nitro benzene ring substituents is 1. The van der Waals surface area contributed by atoms with Crippen LogP contribution in [0.25, 0.3) is 17.3 Å². The number of para-hydroxylation sites is 1. The molecule has 1 aromatic heterocycles. The molecule has 140 valence electrons. The van der Waals surface area contributed by atoms with Gasteiger partial charge >= 0.3 is 0 Å². The number of hydrogen-bond acceptors (Lipinski definition) is 3. The lowest BCUT2D eigenvalue weighted by Gasteiger charge is -2.15. The highest BCUT2D eigenvalue weighted by atomic mass is 16.6. The Balaban J connectivity index is 2.14. The molecule has 0 saturated carbocycles. The van der Waals surface area contributed by atoms with E-state index in [1.54, 1.807) is 18.2 Å². The van der Waals surface area contributed by atoms with Crippen LogP contribution in [0.4, 0.5) is 5.69 Å². The fraction of sp³-hybridized carbons (Fsp3) is 0.174. The molecule has 0 saturated heterocycles. The molecular formula is C23H21N3O2. The molecule has 0 spiro atoms. The largest absolute Gasteiger partial charge is 0.317 e. The number of allylic oxidation sites excluding steroid dienone is 1. The number of nitro benzene ring substituents is 1. The van der Waals surface area contributed by atoms with Gasteiger partial charge in [0, 0.05) is 23.5 Å². The van der Waals surface area contributed by atoms with Crippen molar-refractivity contribution in [3.63, 3.8) is 0 Å². The van der Waals surface area contributed by atoms with Gasteiger partial charge < -0.3 is 4.57 Å². The Morgan fingerprint density at radius 1 is 1.07 bits per heavy atom. The van der Waals surface area contributed by atoms with Crippen LogP contribution >= 0.6 is 0 Å². The van der Waals surface area contributed by atoms with Crippen molar-refractivity contribution in [3.8, 4) is 11.8 Å². The third-order valence-corrected chi connectivity index (χ3v) is 4.92. The summed E-state index contributed by atoms with van der Waals surface area (Å²) in [5.41, 5.74) is 7.41. The first-order chi connectivity index (χ1) is 13.3. The lowest BCUT2D eigenvalue weighted by atomic mass is 10.0. The summed E-state index contributed by atoms with van der Waals surface area (Å²) >= 11 is 0. The zero-order chi connectivity index (χ0) is 20.4. The van der Waals surface area contributed by atoms with Gasteiger partial charge in [0.2, 0.25) is 0 Å². The highest BCUT2D eigenvalue weighted by molar-refractivity contribution is 5.90. The topological polar surface area (TPSA) is 71.9 Å². The lowest BCUT2D eigenvalue weighted by Crippen LogP contribution is -2.03. The molecule has 0 amide bonds. The number of nitrogens with zero attached hydrogens (tertiary/aromatic N) is 3. The molecule has 1 heterocycles. The van der Waals surface area contributed by atoms with Crippen molar-refractivity contribution in [2.75, 3.05) is 0 Å². The third kappa shape index (κ3) is 3.45. The van der Waals surface area contributed by atoms with Gasteiger partial charge in [-0.15, -0.1) is 0 Å². The lowest BCUT2D eigenvalue weighted by molar-refractivity contribution is -0.384. The molecule has 0 unspecified atom stereocenters. The van der Waals surface area contributed by atoms with Gasteiger partial charge in [0.25, 0.3) is 5.69 Å². The summed E-state index contributed by atoms with van der Waals surface area (Å²) in [6.07, 6.45) is 1.80. The van der Waals surface area contributed by atoms with E-state index in [1.807, 2.05) is 26.0 Å². The molecule has 3 rings (SSSR count). The minimum Gasteiger partial charge on any atom is -0.317 e. The average Bonchev–Trinajstić information content (AvgIpc) is 2.93. The molecular weight excluding hydrogens is 350 g/mol. The molecule has 0 fully saturated rings. The van der Waals surface area contributed by atoms with Gasteiger partial charge in [-0.1, -0.05) is 30.3 Å². The number of aryl methyl sites for hydroxylation is 3. The molecule has 0 aliphatic heterocycles. The van der Waals surface area contributed by atoms with E-state index in [1.165, 1.54) is 23.3 Å². The van der Waals surface area contributed by atoms with Gasteiger partial charge in [0.05, 0.1) is 22.3 Å². The molecule has 0 atom stereocenters. The summed E-state index contributed by atoms with van der Waals surface area (Å²) in [4.78, 5) is 10.6. The number of nitriles is 1. The van der Waals surface area contributed by atoms with E-state index in [0.29, 0.717) is 11.1 Å². The molecule has 2 aromatic carbocycles. The third-order valence-electron chi connectivity index (χ3n) is 4.92. The van der Waals surface area contributed by atoms with Crippen LogP contribution in [0.15, 0.2) is 48.5 Å². The van der Waals surface area contributed by atoms with Crippen molar-refractivity contribution in [2.45, 2.75) is 27.7 Å². The molecule has 5 heteroatoms. The maximum absolute atomic E-state index is 11.0. The Labute approximate surface area is 164 Å². The quantitative estimate of drug-likeness (QED) is 0.336. The SMILES string of the molecule is Cc1cccc(C)c1-n1c(C)cc(C=C(C#N)c2cccc([N+](=O)[O-])c2)c1C. The van der Waals surface area contributed by atoms with Crippen LogP contribution in [-0.4, -0.2) is 9.49 Å². The summed E-state index contributed by atoms with van der Waals surface area (Å²) in [6, 6.07) is 16.6. The van der Waals surface area contributed by atoms with Crippen molar-refractivity contribution < 1.29 is 4.92 Å². The van der Waals surface area contributed by atoms with Crippen LogP contribution in [0.1, 0.15) is 33.6 Å². The van der Waals surface area contributed by atoms with Crippen LogP contribution in [0.2, 0.25) is 0 Å². The first-order valence-electron chi connectivity index (χ1n) is 8.95. The van der Waals surface area contributed by atoms with E-state index in [0.717, 1.165) is 22.6 Å². The van der Waals surface area contributed by atoms with E-state index in [2.05, 4.69) is 36.6 Å². The summed E-state index contributed by atoms with van der Waals surface area (Å²) in [5, 5.41) is 20.7. The number of rotatable bonds is 4. The molecule has 0 aliphatic rings. The number of nitro groups is 1. The fourth-order valence-corrected chi connectivity index (χ4v) is 3.56. The van der Waals surface area contributed by atoms with Gasteiger partial charge in [-0.05, 0) is 62.1 Å². The zero-order valence-electron chi connectivity index (χ0n) is 16.4. The molecule has 3 aromatic rings.